The number of piperazine rings is 1. The van der Waals surface area contributed by atoms with Gasteiger partial charge >= 0.3 is 0 Å². The topological polar surface area (TPSA) is 56.1 Å². The lowest BCUT2D eigenvalue weighted by Gasteiger charge is -2.36. The highest BCUT2D eigenvalue weighted by Gasteiger charge is 2.21. The zero-order valence-corrected chi connectivity index (χ0v) is 13.2. The van der Waals surface area contributed by atoms with Gasteiger partial charge in [0.1, 0.15) is 6.07 Å². The molecular weight excluding hydrogens is 321 g/mol. The van der Waals surface area contributed by atoms with Gasteiger partial charge in [-0.15, -0.1) is 0 Å². The third-order valence-corrected chi connectivity index (χ3v) is 4.37. The van der Waals surface area contributed by atoms with Crippen molar-refractivity contribution in [2.45, 2.75) is 0 Å². The quantitative estimate of drug-likeness (QED) is 0.845. The van der Waals surface area contributed by atoms with Gasteiger partial charge in [0.25, 0.3) is 0 Å². The summed E-state index contributed by atoms with van der Waals surface area (Å²) in [6.45, 7) is 3.18. The standard InChI is InChI=1S/C15H13Cl2N5/c16-12-2-1-11(9-13(12)17)21-5-7-22(8-6-21)15-14(10-18)19-3-4-20-15/h1-4,9H,5-8H2. The summed E-state index contributed by atoms with van der Waals surface area (Å²) < 4.78 is 0. The molecule has 7 heteroatoms. The molecule has 1 aromatic carbocycles. The van der Waals surface area contributed by atoms with E-state index in [-0.39, 0.29) is 0 Å². The molecule has 0 radical (unpaired) electrons. The second-order valence-corrected chi connectivity index (χ2v) is 5.73. The molecule has 22 heavy (non-hydrogen) atoms. The second kappa shape index (κ2) is 6.39. The van der Waals surface area contributed by atoms with Gasteiger partial charge in [-0.1, -0.05) is 23.2 Å². The molecule has 1 aliphatic rings. The van der Waals surface area contributed by atoms with Gasteiger partial charge in [-0.2, -0.15) is 5.26 Å². The molecule has 0 atom stereocenters. The smallest absolute Gasteiger partial charge is 0.183 e. The molecule has 0 unspecified atom stereocenters. The first-order valence-electron chi connectivity index (χ1n) is 6.85. The number of benzene rings is 1. The predicted octanol–water partition coefficient (Wildman–Crippen LogP) is 2.98. The van der Waals surface area contributed by atoms with Crippen LogP contribution in [0, 0.1) is 11.3 Å². The van der Waals surface area contributed by atoms with Crippen LogP contribution >= 0.6 is 23.2 Å². The molecule has 0 spiro atoms. The first kappa shape index (κ1) is 14.9. The lowest BCUT2D eigenvalue weighted by Crippen LogP contribution is -2.47. The van der Waals surface area contributed by atoms with Crippen molar-refractivity contribution in [3.05, 3.63) is 46.3 Å². The molecule has 1 saturated heterocycles. The number of anilines is 2. The monoisotopic (exact) mass is 333 g/mol. The van der Waals surface area contributed by atoms with Gasteiger partial charge in [-0.25, -0.2) is 9.97 Å². The van der Waals surface area contributed by atoms with Gasteiger partial charge in [-0.05, 0) is 18.2 Å². The Balaban J connectivity index is 1.72. The molecule has 5 nitrogen and oxygen atoms in total. The predicted molar refractivity (Wildman–Crippen MR) is 87.6 cm³/mol. The van der Waals surface area contributed by atoms with Crippen LogP contribution in [0.15, 0.2) is 30.6 Å². The number of nitrogens with zero attached hydrogens (tertiary/aromatic N) is 5. The molecular formula is C15H13Cl2N5. The molecule has 0 N–H and O–H groups in total. The summed E-state index contributed by atoms with van der Waals surface area (Å²) in [7, 11) is 0. The van der Waals surface area contributed by atoms with Crippen LogP contribution in [0.25, 0.3) is 0 Å². The maximum Gasteiger partial charge on any atom is 0.183 e. The highest BCUT2D eigenvalue weighted by Crippen LogP contribution is 2.28. The van der Waals surface area contributed by atoms with Gasteiger partial charge in [0.05, 0.1) is 10.0 Å². The third-order valence-electron chi connectivity index (χ3n) is 3.63. The Bertz CT molecular complexity index is 720. The molecule has 1 aromatic heterocycles. The summed E-state index contributed by atoms with van der Waals surface area (Å²) in [5, 5.41) is 10.2. The summed E-state index contributed by atoms with van der Waals surface area (Å²) in [5.41, 5.74) is 1.42. The minimum atomic E-state index is 0.366. The lowest BCUT2D eigenvalue weighted by atomic mass is 10.2. The Hall–Kier alpha value is -2.03. The molecule has 1 aliphatic heterocycles. The van der Waals surface area contributed by atoms with Crippen LogP contribution in [0.5, 0.6) is 0 Å². The van der Waals surface area contributed by atoms with Crippen LogP contribution in [-0.4, -0.2) is 36.1 Å². The van der Waals surface area contributed by atoms with Crippen molar-refractivity contribution in [2.75, 3.05) is 36.0 Å². The van der Waals surface area contributed by atoms with Crippen LogP contribution in [0.1, 0.15) is 5.69 Å². The maximum atomic E-state index is 9.12. The highest BCUT2D eigenvalue weighted by atomic mass is 35.5. The summed E-state index contributed by atoms with van der Waals surface area (Å²) in [6.07, 6.45) is 3.15. The van der Waals surface area contributed by atoms with E-state index in [0.29, 0.717) is 21.6 Å². The number of hydrogen-bond donors (Lipinski definition) is 0. The fraction of sp³-hybridized carbons (Fsp3) is 0.267. The molecule has 0 bridgehead atoms. The number of rotatable bonds is 2. The van der Waals surface area contributed by atoms with Crippen LogP contribution in [0.4, 0.5) is 11.5 Å². The molecule has 0 amide bonds. The molecule has 0 aliphatic carbocycles. The Morgan fingerprint density at radius 1 is 0.955 bits per heavy atom. The van der Waals surface area contributed by atoms with Crippen molar-refractivity contribution in [1.29, 1.82) is 5.26 Å². The van der Waals surface area contributed by atoms with E-state index in [4.69, 9.17) is 28.5 Å². The van der Waals surface area contributed by atoms with Crippen LogP contribution < -0.4 is 9.80 Å². The summed E-state index contributed by atoms with van der Waals surface area (Å²) in [5.74, 6) is 0.652. The van der Waals surface area contributed by atoms with Gasteiger partial charge in [0.2, 0.25) is 0 Å². The van der Waals surface area contributed by atoms with E-state index in [1.165, 1.54) is 6.20 Å². The molecule has 2 aromatic rings. The lowest BCUT2D eigenvalue weighted by molar-refractivity contribution is 0.645. The largest absolute Gasteiger partial charge is 0.368 e. The Labute approximate surface area is 138 Å². The zero-order valence-electron chi connectivity index (χ0n) is 11.7. The number of nitriles is 1. The number of hydrogen-bond acceptors (Lipinski definition) is 5. The normalized spacial score (nSPS) is 14.8. The van der Waals surface area contributed by atoms with Crippen molar-refractivity contribution in [2.24, 2.45) is 0 Å². The highest BCUT2D eigenvalue weighted by molar-refractivity contribution is 6.42. The SMILES string of the molecule is N#Cc1nccnc1N1CCN(c2ccc(Cl)c(Cl)c2)CC1. The van der Waals surface area contributed by atoms with E-state index in [1.807, 2.05) is 18.2 Å². The van der Waals surface area contributed by atoms with E-state index in [9.17, 15) is 0 Å². The molecule has 3 rings (SSSR count). The second-order valence-electron chi connectivity index (χ2n) is 4.91. The van der Waals surface area contributed by atoms with Crippen molar-refractivity contribution < 1.29 is 0 Å². The zero-order chi connectivity index (χ0) is 15.5. The molecule has 112 valence electrons. The summed E-state index contributed by atoms with van der Waals surface area (Å²) >= 11 is 12.0. The van der Waals surface area contributed by atoms with Crippen LogP contribution in [0.3, 0.4) is 0 Å². The van der Waals surface area contributed by atoms with Gasteiger partial charge in [0.15, 0.2) is 11.5 Å². The first-order valence-corrected chi connectivity index (χ1v) is 7.60. The van der Waals surface area contributed by atoms with Crippen molar-refractivity contribution >= 4 is 34.7 Å². The fourth-order valence-electron chi connectivity index (χ4n) is 2.50. The van der Waals surface area contributed by atoms with Crippen LogP contribution in [0.2, 0.25) is 10.0 Å². The minimum absolute atomic E-state index is 0.366. The Morgan fingerprint density at radius 2 is 1.64 bits per heavy atom. The minimum Gasteiger partial charge on any atom is -0.368 e. The van der Waals surface area contributed by atoms with E-state index in [1.54, 1.807) is 6.20 Å². The number of aromatic nitrogens is 2. The molecule has 2 heterocycles. The average molecular weight is 334 g/mol. The number of halogens is 2. The maximum absolute atomic E-state index is 9.12. The molecule has 0 saturated carbocycles. The molecule has 1 fully saturated rings. The van der Waals surface area contributed by atoms with Gasteiger partial charge in [-0.3, -0.25) is 0 Å². The van der Waals surface area contributed by atoms with E-state index >= 15 is 0 Å². The van der Waals surface area contributed by atoms with Crippen LogP contribution in [-0.2, 0) is 0 Å². The van der Waals surface area contributed by atoms with Gasteiger partial charge in [0, 0.05) is 44.3 Å². The fourth-order valence-corrected chi connectivity index (χ4v) is 2.79. The summed E-state index contributed by atoms with van der Waals surface area (Å²) in [4.78, 5) is 12.7. The van der Waals surface area contributed by atoms with E-state index in [0.717, 1.165) is 31.9 Å². The Morgan fingerprint density at radius 3 is 2.32 bits per heavy atom. The first-order chi connectivity index (χ1) is 10.7. The average Bonchev–Trinajstić information content (AvgIpc) is 2.57. The van der Waals surface area contributed by atoms with Gasteiger partial charge < -0.3 is 9.80 Å². The van der Waals surface area contributed by atoms with E-state index in [2.05, 4.69) is 25.8 Å². The van der Waals surface area contributed by atoms with Crippen molar-refractivity contribution in [1.82, 2.24) is 9.97 Å². The van der Waals surface area contributed by atoms with E-state index < -0.39 is 0 Å². The Kier molecular flexibility index (Phi) is 4.32. The van der Waals surface area contributed by atoms with Crippen molar-refractivity contribution in [3.63, 3.8) is 0 Å². The third kappa shape index (κ3) is 2.94. The summed E-state index contributed by atoms with van der Waals surface area (Å²) in [6, 6.07) is 7.74. The van der Waals surface area contributed by atoms with Crippen molar-refractivity contribution in [3.8, 4) is 6.07 Å².